The van der Waals surface area contributed by atoms with Gasteiger partial charge in [0.1, 0.15) is 5.75 Å². The molecule has 0 unspecified atom stereocenters. The lowest BCUT2D eigenvalue weighted by Crippen LogP contribution is -2.35. The van der Waals surface area contributed by atoms with Crippen molar-refractivity contribution in [2.45, 2.75) is 25.2 Å². The average Bonchev–Trinajstić information content (AvgIpc) is 2.42. The molecule has 7 heteroatoms. The van der Waals surface area contributed by atoms with Gasteiger partial charge in [-0.1, -0.05) is 13.8 Å². The molecule has 6 nitrogen and oxygen atoms in total. The topological polar surface area (TPSA) is 96.4 Å². The van der Waals surface area contributed by atoms with Gasteiger partial charge in [0, 0.05) is 19.5 Å². The molecule has 0 aliphatic heterocycles. The molecule has 0 spiro atoms. The van der Waals surface area contributed by atoms with Gasteiger partial charge < -0.3 is 10.5 Å². The van der Waals surface area contributed by atoms with E-state index in [1.165, 1.54) is 29.6 Å². The summed E-state index contributed by atoms with van der Waals surface area (Å²) in [5, 5.41) is 8.69. The molecule has 0 saturated carbocycles. The van der Waals surface area contributed by atoms with Crippen LogP contribution < -0.4 is 10.5 Å². The summed E-state index contributed by atoms with van der Waals surface area (Å²) in [6.45, 7) is 4.38. The first kappa shape index (κ1) is 17.3. The molecule has 0 aliphatic carbocycles. The predicted molar refractivity (Wildman–Crippen MR) is 81.2 cm³/mol. The summed E-state index contributed by atoms with van der Waals surface area (Å²) in [4.78, 5) is 0.111. The summed E-state index contributed by atoms with van der Waals surface area (Å²) < 4.78 is 31.6. The first-order valence-electron chi connectivity index (χ1n) is 6.63. The Hall–Kier alpha value is -1.78. The van der Waals surface area contributed by atoms with Crippen molar-refractivity contribution < 1.29 is 13.2 Å². The standard InChI is InChI=1S/C14H21N3O3S/c1-11(2)10-17(8-4-7-15)21(18,19)12-5-6-14(20-3)13(16)9-12/h5-6,9,11H,4,8,10,16H2,1-3H3. The maximum Gasteiger partial charge on any atom is 0.243 e. The number of nitriles is 1. The lowest BCUT2D eigenvalue weighted by Gasteiger charge is -2.23. The molecule has 0 radical (unpaired) electrons. The Morgan fingerprint density at radius 1 is 1.43 bits per heavy atom. The zero-order chi connectivity index (χ0) is 16.0. The Kier molecular flexibility index (Phi) is 6.00. The van der Waals surface area contributed by atoms with E-state index in [-0.39, 0.29) is 29.5 Å². The highest BCUT2D eigenvalue weighted by Gasteiger charge is 2.25. The molecule has 0 heterocycles. The van der Waals surface area contributed by atoms with Gasteiger partial charge in [0.15, 0.2) is 0 Å². The highest BCUT2D eigenvalue weighted by molar-refractivity contribution is 7.89. The molecule has 2 N–H and O–H groups in total. The molecule has 0 aromatic heterocycles. The van der Waals surface area contributed by atoms with Crippen LogP contribution >= 0.6 is 0 Å². The van der Waals surface area contributed by atoms with E-state index in [0.717, 1.165) is 0 Å². The van der Waals surface area contributed by atoms with Crippen molar-refractivity contribution in [3.05, 3.63) is 18.2 Å². The number of nitrogen functional groups attached to an aromatic ring is 1. The number of methoxy groups -OCH3 is 1. The van der Waals surface area contributed by atoms with Crippen molar-refractivity contribution >= 4 is 15.7 Å². The van der Waals surface area contributed by atoms with Crippen LogP contribution in [0.25, 0.3) is 0 Å². The second kappa shape index (κ2) is 7.29. The maximum atomic E-state index is 12.6. The van der Waals surface area contributed by atoms with Crippen LogP contribution in [0.15, 0.2) is 23.1 Å². The molecule has 0 bridgehead atoms. The third-order valence-electron chi connectivity index (χ3n) is 2.88. The van der Waals surface area contributed by atoms with E-state index in [1.54, 1.807) is 0 Å². The number of sulfonamides is 1. The first-order valence-corrected chi connectivity index (χ1v) is 8.07. The highest BCUT2D eigenvalue weighted by Crippen LogP contribution is 2.26. The number of nitrogens with two attached hydrogens (primary N) is 1. The van der Waals surface area contributed by atoms with Gasteiger partial charge in [0.2, 0.25) is 10.0 Å². The van der Waals surface area contributed by atoms with Gasteiger partial charge in [-0.25, -0.2) is 8.42 Å². The first-order chi connectivity index (χ1) is 9.82. The van der Waals surface area contributed by atoms with Gasteiger partial charge in [-0.05, 0) is 24.1 Å². The molecule has 0 saturated heterocycles. The van der Waals surface area contributed by atoms with E-state index in [2.05, 4.69) is 0 Å². The number of hydrogen-bond acceptors (Lipinski definition) is 5. The fourth-order valence-corrected chi connectivity index (χ4v) is 3.55. The number of rotatable bonds is 7. The molecule has 1 aromatic carbocycles. The minimum absolute atomic E-state index is 0.111. The zero-order valence-corrected chi connectivity index (χ0v) is 13.4. The Morgan fingerprint density at radius 2 is 2.10 bits per heavy atom. The van der Waals surface area contributed by atoms with Crippen LogP contribution in [-0.4, -0.2) is 32.9 Å². The Labute approximate surface area is 126 Å². The van der Waals surface area contributed by atoms with Crippen molar-refractivity contribution in [2.24, 2.45) is 5.92 Å². The zero-order valence-electron chi connectivity index (χ0n) is 12.5. The van der Waals surface area contributed by atoms with Gasteiger partial charge in [-0.3, -0.25) is 0 Å². The summed E-state index contributed by atoms with van der Waals surface area (Å²) in [5.74, 6) is 0.593. The summed E-state index contributed by atoms with van der Waals surface area (Å²) in [5.41, 5.74) is 6.04. The number of anilines is 1. The van der Waals surface area contributed by atoms with Crippen LogP contribution in [0.2, 0.25) is 0 Å². The van der Waals surface area contributed by atoms with Crippen LogP contribution in [0.4, 0.5) is 5.69 Å². The monoisotopic (exact) mass is 311 g/mol. The van der Waals surface area contributed by atoms with E-state index in [1.807, 2.05) is 19.9 Å². The van der Waals surface area contributed by atoms with Gasteiger partial charge >= 0.3 is 0 Å². The number of hydrogen-bond donors (Lipinski definition) is 1. The number of ether oxygens (including phenoxy) is 1. The molecule has 21 heavy (non-hydrogen) atoms. The lowest BCUT2D eigenvalue weighted by atomic mass is 10.2. The average molecular weight is 311 g/mol. The fourth-order valence-electron chi connectivity index (χ4n) is 1.91. The molecular formula is C14H21N3O3S. The van der Waals surface area contributed by atoms with Gasteiger partial charge in [0.25, 0.3) is 0 Å². The minimum Gasteiger partial charge on any atom is -0.495 e. The van der Waals surface area contributed by atoms with E-state index < -0.39 is 10.0 Å². The van der Waals surface area contributed by atoms with Crippen LogP contribution in [0.5, 0.6) is 5.75 Å². The van der Waals surface area contributed by atoms with Crippen LogP contribution in [0.1, 0.15) is 20.3 Å². The molecule has 0 aliphatic rings. The van der Waals surface area contributed by atoms with Crippen LogP contribution in [-0.2, 0) is 10.0 Å². The van der Waals surface area contributed by atoms with E-state index in [0.29, 0.717) is 12.3 Å². The fraction of sp³-hybridized carbons (Fsp3) is 0.500. The number of benzene rings is 1. The highest BCUT2D eigenvalue weighted by atomic mass is 32.2. The Morgan fingerprint density at radius 3 is 2.57 bits per heavy atom. The van der Waals surface area contributed by atoms with E-state index in [4.69, 9.17) is 15.7 Å². The van der Waals surface area contributed by atoms with Crippen molar-refractivity contribution in [1.82, 2.24) is 4.31 Å². The molecule has 0 atom stereocenters. The second-order valence-corrected chi connectivity index (χ2v) is 7.01. The normalized spacial score (nSPS) is 11.6. The molecule has 1 aromatic rings. The van der Waals surface area contributed by atoms with E-state index >= 15 is 0 Å². The second-order valence-electron chi connectivity index (χ2n) is 5.07. The van der Waals surface area contributed by atoms with Gasteiger partial charge in [-0.2, -0.15) is 9.57 Å². The number of nitrogens with zero attached hydrogens (tertiary/aromatic N) is 2. The van der Waals surface area contributed by atoms with Crippen molar-refractivity contribution in [1.29, 1.82) is 5.26 Å². The van der Waals surface area contributed by atoms with Crippen molar-refractivity contribution in [3.63, 3.8) is 0 Å². The molecule has 116 valence electrons. The molecule has 0 amide bonds. The third-order valence-corrected chi connectivity index (χ3v) is 4.74. The molecule has 0 fully saturated rings. The minimum atomic E-state index is -3.67. The van der Waals surface area contributed by atoms with Gasteiger partial charge in [0.05, 0.1) is 23.8 Å². The van der Waals surface area contributed by atoms with Gasteiger partial charge in [-0.15, -0.1) is 0 Å². The Bertz CT molecular complexity index is 621. The van der Waals surface area contributed by atoms with Crippen molar-refractivity contribution in [2.75, 3.05) is 25.9 Å². The van der Waals surface area contributed by atoms with Crippen LogP contribution in [0, 0.1) is 17.2 Å². The smallest absolute Gasteiger partial charge is 0.243 e. The lowest BCUT2D eigenvalue weighted by molar-refractivity contribution is 0.372. The Balaban J connectivity index is 3.15. The quantitative estimate of drug-likeness (QED) is 0.775. The summed E-state index contributed by atoms with van der Waals surface area (Å²) in [6, 6.07) is 6.35. The summed E-state index contributed by atoms with van der Waals surface area (Å²) >= 11 is 0. The largest absolute Gasteiger partial charge is 0.495 e. The third kappa shape index (κ3) is 4.34. The molecule has 1 rings (SSSR count). The van der Waals surface area contributed by atoms with Crippen molar-refractivity contribution in [3.8, 4) is 11.8 Å². The van der Waals surface area contributed by atoms with Crippen LogP contribution in [0.3, 0.4) is 0 Å². The predicted octanol–water partition coefficient (Wildman–Crippen LogP) is 1.84. The SMILES string of the molecule is COc1ccc(S(=O)(=O)N(CCC#N)CC(C)C)cc1N. The summed E-state index contributed by atoms with van der Waals surface area (Å²) in [7, 11) is -2.20. The molecular weight excluding hydrogens is 290 g/mol. The maximum absolute atomic E-state index is 12.6. The van der Waals surface area contributed by atoms with E-state index in [9.17, 15) is 8.42 Å². The summed E-state index contributed by atoms with van der Waals surface area (Å²) in [6.07, 6.45) is 0.150.